The van der Waals surface area contributed by atoms with Crippen LogP contribution in [0.4, 0.5) is 0 Å². The summed E-state index contributed by atoms with van der Waals surface area (Å²) in [6.07, 6.45) is 5.60. The number of piperidine rings is 1. The summed E-state index contributed by atoms with van der Waals surface area (Å²) in [7, 11) is 2.28. The van der Waals surface area contributed by atoms with E-state index < -0.39 is 0 Å². The van der Waals surface area contributed by atoms with Crippen LogP contribution in [0, 0.1) is 6.92 Å². The van der Waals surface area contributed by atoms with Crippen LogP contribution >= 0.6 is 0 Å². The number of rotatable bonds is 3. The summed E-state index contributed by atoms with van der Waals surface area (Å²) >= 11 is 0. The van der Waals surface area contributed by atoms with E-state index in [9.17, 15) is 0 Å². The number of likely N-dealkylation sites (N-methyl/N-ethyl adjacent to an activating group) is 1. The second-order valence-electron chi connectivity index (χ2n) is 8.17. The van der Waals surface area contributed by atoms with Crippen LogP contribution in [-0.2, 0) is 0 Å². The smallest absolute Gasteiger partial charge is 0.200 e. The Bertz CT molecular complexity index is 915. The first-order valence-corrected chi connectivity index (χ1v) is 10.0. The maximum atomic E-state index is 6.35. The van der Waals surface area contributed by atoms with Gasteiger partial charge in [0.25, 0.3) is 0 Å². The number of aryl methyl sites for hydroxylation is 1. The van der Waals surface area contributed by atoms with Crippen molar-refractivity contribution in [2.75, 3.05) is 7.05 Å². The van der Waals surface area contributed by atoms with Crippen LogP contribution in [0.3, 0.4) is 0 Å². The summed E-state index contributed by atoms with van der Waals surface area (Å²) in [5, 5.41) is 0. The lowest BCUT2D eigenvalue weighted by Gasteiger charge is -2.42. The molecule has 0 aliphatic carbocycles. The van der Waals surface area contributed by atoms with Gasteiger partial charge in [-0.3, -0.25) is 4.90 Å². The average Bonchev–Trinajstić information content (AvgIpc) is 3.26. The Labute approximate surface area is 161 Å². The van der Waals surface area contributed by atoms with Crippen LogP contribution in [0.5, 0.6) is 0 Å². The number of oxazole rings is 1. The van der Waals surface area contributed by atoms with Gasteiger partial charge in [-0.05, 0) is 44.7 Å². The highest BCUT2D eigenvalue weighted by Gasteiger charge is 2.48. The lowest BCUT2D eigenvalue weighted by molar-refractivity contribution is 0.124. The van der Waals surface area contributed by atoms with Gasteiger partial charge >= 0.3 is 0 Å². The monoisotopic (exact) mass is 358 g/mol. The number of fused-ring (bicyclic) bond motifs is 2. The van der Waals surface area contributed by atoms with Crippen molar-refractivity contribution in [3.05, 3.63) is 77.8 Å². The standard InChI is InChI=1S/C24H26N2O/c1-16-8-10-17(11-9-16)20-14-19-12-13-21(26(19)2)23(20)24-25-15-22(27-24)18-6-4-3-5-7-18/h3-11,15,19-21,23H,12-14H2,1-2H3/t19-,20-,21?,23?/m1/s1. The van der Waals surface area contributed by atoms with Gasteiger partial charge in [-0.15, -0.1) is 0 Å². The molecule has 3 nitrogen and oxygen atoms in total. The van der Waals surface area contributed by atoms with Crippen molar-refractivity contribution in [1.29, 1.82) is 0 Å². The van der Waals surface area contributed by atoms with Crippen molar-refractivity contribution in [2.45, 2.75) is 50.1 Å². The Balaban J connectivity index is 1.54. The highest BCUT2D eigenvalue weighted by atomic mass is 16.4. The Hall–Kier alpha value is -2.39. The SMILES string of the molecule is Cc1ccc([C@H]2C[C@H]3CCC(C2c2ncc(-c4ccccc4)o2)N3C)cc1. The molecular weight excluding hydrogens is 332 g/mol. The molecule has 27 heavy (non-hydrogen) atoms. The number of nitrogens with zero attached hydrogens (tertiary/aromatic N) is 2. The predicted molar refractivity (Wildman–Crippen MR) is 108 cm³/mol. The van der Waals surface area contributed by atoms with E-state index in [-0.39, 0.29) is 0 Å². The fourth-order valence-corrected chi connectivity index (χ4v) is 5.14. The molecule has 138 valence electrons. The van der Waals surface area contributed by atoms with E-state index >= 15 is 0 Å². The molecule has 2 bridgehead atoms. The van der Waals surface area contributed by atoms with Gasteiger partial charge < -0.3 is 4.42 Å². The van der Waals surface area contributed by atoms with Gasteiger partial charge in [0.05, 0.1) is 12.1 Å². The number of benzene rings is 2. The minimum Gasteiger partial charge on any atom is -0.440 e. The molecule has 0 amide bonds. The summed E-state index contributed by atoms with van der Waals surface area (Å²) in [6, 6.07) is 20.6. The maximum Gasteiger partial charge on any atom is 0.200 e. The first-order chi connectivity index (χ1) is 13.2. The molecule has 2 aliphatic heterocycles. The van der Waals surface area contributed by atoms with Crippen molar-refractivity contribution in [1.82, 2.24) is 9.88 Å². The molecule has 0 radical (unpaired) electrons. The molecule has 2 unspecified atom stereocenters. The largest absolute Gasteiger partial charge is 0.440 e. The van der Waals surface area contributed by atoms with E-state index in [1.807, 2.05) is 24.4 Å². The van der Waals surface area contributed by atoms with Gasteiger partial charge in [0, 0.05) is 17.6 Å². The van der Waals surface area contributed by atoms with Crippen molar-refractivity contribution < 1.29 is 4.42 Å². The minimum absolute atomic E-state index is 0.314. The fourth-order valence-electron chi connectivity index (χ4n) is 5.14. The molecule has 4 atom stereocenters. The van der Waals surface area contributed by atoms with E-state index in [0.29, 0.717) is 23.9 Å². The molecule has 0 saturated carbocycles. The summed E-state index contributed by atoms with van der Waals surface area (Å²) in [5.74, 6) is 2.56. The second-order valence-corrected chi connectivity index (χ2v) is 8.17. The third-order valence-corrected chi connectivity index (χ3v) is 6.64. The molecule has 2 aromatic carbocycles. The van der Waals surface area contributed by atoms with Gasteiger partial charge in [0.2, 0.25) is 0 Å². The van der Waals surface area contributed by atoms with Crippen LogP contribution in [0.1, 0.15) is 48.1 Å². The third kappa shape index (κ3) is 2.90. The van der Waals surface area contributed by atoms with Crippen molar-refractivity contribution >= 4 is 0 Å². The lowest BCUT2D eigenvalue weighted by Crippen LogP contribution is -2.44. The normalized spacial score (nSPS) is 27.8. The van der Waals surface area contributed by atoms with Gasteiger partial charge in [-0.2, -0.15) is 0 Å². The topological polar surface area (TPSA) is 29.3 Å². The summed E-state index contributed by atoms with van der Waals surface area (Å²) in [4.78, 5) is 7.34. The predicted octanol–water partition coefficient (Wildman–Crippen LogP) is 5.38. The van der Waals surface area contributed by atoms with E-state index in [2.05, 4.69) is 55.3 Å². The molecule has 2 saturated heterocycles. The van der Waals surface area contributed by atoms with E-state index in [1.54, 1.807) is 0 Å². The molecule has 2 fully saturated rings. The molecule has 1 aromatic heterocycles. The molecule has 3 heterocycles. The number of hydrogen-bond donors (Lipinski definition) is 0. The summed E-state index contributed by atoms with van der Waals surface area (Å²) < 4.78 is 6.35. The van der Waals surface area contributed by atoms with E-state index in [0.717, 1.165) is 17.2 Å². The maximum absolute atomic E-state index is 6.35. The lowest BCUT2D eigenvalue weighted by atomic mass is 9.76. The van der Waals surface area contributed by atoms with Crippen LogP contribution in [0.15, 0.2) is 65.2 Å². The zero-order valence-corrected chi connectivity index (χ0v) is 16.0. The Kier molecular flexibility index (Phi) is 4.13. The first-order valence-electron chi connectivity index (χ1n) is 10.0. The van der Waals surface area contributed by atoms with Crippen LogP contribution in [0.25, 0.3) is 11.3 Å². The van der Waals surface area contributed by atoms with Crippen LogP contribution in [0.2, 0.25) is 0 Å². The molecule has 5 rings (SSSR count). The summed E-state index contributed by atoms with van der Waals surface area (Å²) in [5.41, 5.74) is 3.83. The average molecular weight is 358 g/mol. The van der Waals surface area contributed by atoms with Gasteiger partial charge in [0.15, 0.2) is 11.7 Å². The quantitative estimate of drug-likeness (QED) is 0.629. The minimum atomic E-state index is 0.314. The van der Waals surface area contributed by atoms with Crippen molar-refractivity contribution in [3.8, 4) is 11.3 Å². The van der Waals surface area contributed by atoms with Crippen LogP contribution < -0.4 is 0 Å². The van der Waals surface area contributed by atoms with Crippen LogP contribution in [-0.4, -0.2) is 29.0 Å². The fraction of sp³-hybridized carbons (Fsp3) is 0.375. The molecular formula is C24H26N2O. The third-order valence-electron chi connectivity index (χ3n) is 6.64. The van der Waals surface area contributed by atoms with Gasteiger partial charge in [0.1, 0.15) is 0 Å². The van der Waals surface area contributed by atoms with Gasteiger partial charge in [-0.1, -0.05) is 60.2 Å². The Morgan fingerprint density at radius 3 is 2.56 bits per heavy atom. The molecule has 0 N–H and O–H groups in total. The van der Waals surface area contributed by atoms with Gasteiger partial charge in [-0.25, -0.2) is 4.98 Å². The molecule has 0 spiro atoms. The highest BCUT2D eigenvalue weighted by molar-refractivity contribution is 5.56. The second kappa shape index (κ2) is 6.65. The zero-order valence-electron chi connectivity index (χ0n) is 16.0. The van der Waals surface area contributed by atoms with E-state index in [1.165, 1.54) is 30.4 Å². The highest BCUT2D eigenvalue weighted by Crippen LogP contribution is 2.50. The van der Waals surface area contributed by atoms with E-state index in [4.69, 9.17) is 9.40 Å². The Morgan fingerprint density at radius 2 is 1.78 bits per heavy atom. The molecule has 3 heteroatoms. The zero-order chi connectivity index (χ0) is 18.4. The number of hydrogen-bond acceptors (Lipinski definition) is 3. The Morgan fingerprint density at radius 1 is 1.00 bits per heavy atom. The number of aromatic nitrogens is 1. The molecule has 2 aliphatic rings. The first kappa shape index (κ1) is 16.8. The van der Waals surface area contributed by atoms with Crippen molar-refractivity contribution in [3.63, 3.8) is 0 Å². The summed E-state index contributed by atoms with van der Waals surface area (Å²) in [6.45, 7) is 2.15. The molecule has 3 aromatic rings. The van der Waals surface area contributed by atoms with Crippen molar-refractivity contribution in [2.24, 2.45) is 0 Å².